The average Bonchev–Trinajstić information content (AvgIpc) is 2.81. The second kappa shape index (κ2) is 12.0. The number of benzene rings is 2. The zero-order valence-electron chi connectivity index (χ0n) is 20.5. The summed E-state index contributed by atoms with van der Waals surface area (Å²) in [6, 6.07) is 13.8. The fourth-order valence-electron chi connectivity index (χ4n) is 4.38. The predicted molar refractivity (Wildman–Crippen MR) is 143 cm³/mol. The van der Waals surface area contributed by atoms with Crippen molar-refractivity contribution in [1.29, 1.82) is 0 Å². The Bertz CT molecular complexity index is 1130. The van der Waals surface area contributed by atoms with Gasteiger partial charge in [-0.25, -0.2) is 8.42 Å². The first-order valence-electron chi connectivity index (χ1n) is 11.9. The highest BCUT2D eigenvalue weighted by Gasteiger charge is 2.31. The third-order valence-corrected chi connectivity index (χ3v) is 8.02. The quantitative estimate of drug-likeness (QED) is 0.490. The van der Waals surface area contributed by atoms with Gasteiger partial charge in [0.15, 0.2) is 0 Å². The molecule has 0 saturated heterocycles. The van der Waals surface area contributed by atoms with E-state index in [0.717, 1.165) is 51.8 Å². The molecule has 2 aromatic rings. The lowest BCUT2D eigenvalue weighted by atomic mass is 9.95. The van der Waals surface area contributed by atoms with Gasteiger partial charge in [0.1, 0.15) is 12.6 Å². The van der Waals surface area contributed by atoms with Gasteiger partial charge in [0.05, 0.1) is 11.9 Å². The first-order valence-corrected chi connectivity index (χ1v) is 14.6. The summed E-state index contributed by atoms with van der Waals surface area (Å²) in [5, 5.41) is 3.10. The van der Waals surface area contributed by atoms with E-state index in [4.69, 9.17) is 0 Å². The second-order valence-corrected chi connectivity index (χ2v) is 12.1. The standard InChI is InChI=1S/C26H34BrN3O4S/c1-19-8-7-9-21(16-19)17-29(20(2)26(32)28-23-10-5-4-6-11-23)25(31)18-30(35(3,33)34)24-14-12-22(27)13-15-24/h7-9,12-16,20,23H,4-6,10-11,17-18H2,1-3H3,(H,28,32). The van der Waals surface area contributed by atoms with E-state index >= 15 is 0 Å². The molecule has 0 radical (unpaired) electrons. The van der Waals surface area contributed by atoms with Crippen molar-refractivity contribution in [1.82, 2.24) is 10.2 Å². The molecule has 3 rings (SSSR count). The van der Waals surface area contributed by atoms with Gasteiger partial charge >= 0.3 is 0 Å². The van der Waals surface area contributed by atoms with Crippen LogP contribution in [-0.2, 0) is 26.2 Å². The Hall–Kier alpha value is -2.39. The van der Waals surface area contributed by atoms with Crippen LogP contribution in [0.1, 0.15) is 50.2 Å². The van der Waals surface area contributed by atoms with Gasteiger partial charge in [-0.2, -0.15) is 0 Å². The number of halogens is 1. The van der Waals surface area contributed by atoms with Crippen molar-refractivity contribution in [2.75, 3.05) is 17.1 Å². The lowest BCUT2D eigenvalue weighted by Crippen LogP contribution is -2.52. The highest BCUT2D eigenvalue weighted by atomic mass is 79.9. The van der Waals surface area contributed by atoms with Crippen LogP contribution in [0.2, 0.25) is 0 Å². The zero-order chi connectivity index (χ0) is 25.6. The van der Waals surface area contributed by atoms with Crippen molar-refractivity contribution in [2.24, 2.45) is 0 Å². The van der Waals surface area contributed by atoms with Gasteiger partial charge in [0.2, 0.25) is 21.8 Å². The highest BCUT2D eigenvalue weighted by Crippen LogP contribution is 2.22. The minimum atomic E-state index is -3.74. The van der Waals surface area contributed by atoms with Crippen LogP contribution >= 0.6 is 15.9 Å². The number of nitrogens with zero attached hydrogens (tertiary/aromatic N) is 2. The van der Waals surface area contributed by atoms with Gasteiger partial charge in [0.25, 0.3) is 0 Å². The van der Waals surface area contributed by atoms with Crippen molar-refractivity contribution in [3.05, 3.63) is 64.1 Å². The Morgan fingerprint density at radius 3 is 2.34 bits per heavy atom. The third kappa shape index (κ3) is 7.80. The number of hydrogen-bond donors (Lipinski definition) is 1. The fourth-order valence-corrected chi connectivity index (χ4v) is 5.49. The lowest BCUT2D eigenvalue weighted by Gasteiger charge is -2.33. The monoisotopic (exact) mass is 563 g/mol. The van der Waals surface area contributed by atoms with Crippen LogP contribution < -0.4 is 9.62 Å². The minimum Gasteiger partial charge on any atom is -0.352 e. The number of amides is 2. The molecule has 7 nitrogen and oxygen atoms in total. The summed E-state index contributed by atoms with van der Waals surface area (Å²) in [6.07, 6.45) is 6.30. The van der Waals surface area contributed by atoms with Crippen molar-refractivity contribution in [3.63, 3.8) is 0 Å². The van der Waals surface area contributed by atoms with E-state index in [1.807, 2.05) is 31.2 Å². The summed E-state index contributed by atoms with van der Waals surface area (Å²) >= 11 is 3.35. The normalized spacial score (nSPS) is 15.3. The molecular weight excluding hydrogens is 530 g/mol. The molecule has 0 spiro atoms. The number of rotatable bonds is 9. The molecule has 190 valence electrons. The number of carbonyl (C=O) groups is 2. The summed E-state index contributed by atoms with van der Waals surface area (Å²) in [4.78, 5) is 28.2. The van der Waals surface area contributed by atoms with E-state index in [2.05, 4.69) is 21.2 Å². The summed E-state index contributed by atoms with van der Waals surface area (Å²) in [5.41, 5.74) is 2.31. The molecule has 1 fully saturated rings. The molecule has 1 aliphatic carbocycles. The molecule has 1 unspecified atom stereocenters. The molecule has 1 atom stereocenters. The molecule has 1 saturated carbocycles. The van der Waals surface area contributed by atoms with E-state index in [1.165, 1.54) is 11.3 Å². The molecule has 9 heteroatoms. The molecule has 2 aromatic carbocycles. The SMILES string of the molecule is Cc1cccc(CN(C(=O)CN(c2ccc(Br)cc2)S(C)(=O)=O)C(C)C(=O)NC2CCCCC2)c1. The Morgan fingerprint density at radius 1 is 1.09 bits per heavy atom. The van der Waals surface area contributed by atoms with Gasteiger partial charge in [-0.1, -0.05) is 65.0 Å². The molecule has 1 N–H and O–H groups in total. The van der Waals surface area contributed by atoms with Gasteiger partial charge < -0.3 is 10.2 Å². The maximum atomic E-state index is 13.6. The van der Waals surface area contributed by atoms with Gasteiger partial charge in [-0.05, 0) is 56.5 Å². The van der Waals surface area contributed by atoms with Gasteiger partial charge in [0, 0.05) is 17.1 Å². The van der Waals surface area contributed by atoms with E-state index in [9.17, 15) is 18.0 Å². The van der Waals surface area contributed by atoms with Crippen LogP contribution in [0.15, 0.2) is 53.0 Å². The molecule has 1 aliphatic rings. The number of hydrogen-bond acceptors (Lipinski definition) is 4. The maximum absolute atomic E-state index is 13.6. The highest BCUT2D eigenvalue weighted by molar-refractivity contribution is 9.10. The number of carbonyl (C=O) groups excluding carboxylic acids is 2. The van der Waals surface area contributed by atoms with E-state index < -0.39 is 28.5 Å². The van der Waals surface area contributed by atoms with E-state index in [1.54, 1.807) is 31.2 Å². The van der Waals surface area contributed by atoms with Crippen LogP contribution in [0.25, 0.3) is 0 Å². The summed E-state index contributed by atoms with van der Waals surface area (Å²) in [6.45, 7) is 3.48. The predicted octanol–water partition coefficient (Wildman–Crippen LogP) is 4.39. The molecule has 2 amide bonds. The molecular formula is C26H34BrN3O4S. The van der Waals surface area contributed by atoms with Crippen molar-refractivity contribution in [3.8, 4) is 0 Å². The first-order chi connectivity index (χ1) is 16.5. The molecule has 0 aromatic heterocycles. The van der Waals surface area contributed by atoms with Crippen LogP contribution in [0.4, 0.5) is 5.69 Å². The largest absolute Gasteiger partial charge is 0.352 e. The van der Waals surface area contributed by atoms with Crippen LogP contribution in [0, 0.1) is 6.92 Å². The topological polar surface area (TPSA) is 86.8 Å². The molecule has 0 aliphatic heterocycles. The second-order valence-electron chi connectivity index (χ2n) is 9.28. The van der Waals surface area contributed by atoms with E-state index in [0.29, 0.717) is 5.69 Å². The summed E-state index contributed by atoms with van der Waals surface area (Å²) in [5.74, 6) is -0.654. The Kier molecular flexibility index (Phi) is 9.35. The Balaban J connectivity index is 1.86. The Labute approximate surface area is 217 Å². The number of aryl methyl sites for hydroxylation is 1. The third-order valence-electron chi connectivity index (χ3n) is 6.35. The lowest BCUT2D eigenvalue weighted by molar-refractivity contribution is -0.139. The minimum absolute atomic E-state index is 0.116. The Morgan fingerprint density at radius 2 is 1.74 bits per heavy atom. The van der Waals surface area contributed by atoms with Gasteiger partial charge in [-0.3, -0.25) is 13.9 Å². The van der Waals surface area contributed by atoms with Crippen LogP contribution in [-0.4, -0.2) is 50.0 Å². The summed E-state index contributed by atoms with van der Waals surface area (Å²) in [7, 11) is -3.74. The molecule has 0 heterocycles. The summed E-state index contributed by atoms with van der Waals surface area (Å²) < 4.78 is 27.1. The molecule has 35 heavy (non-hydrogen) atoms. The van der Waals surface area contributed by atoms with Crippen LogP contribution in [0.5, 0.6) is 0 Å². The van der Waals surface area contributed by atoms with Crippen LogP contribution in [0.3, 0.4) is 0 Å². The van der Waals surface area contributed by atoms with Crippen molar-refractivity contribution < 1.29 is 18.0 Å². The van der Waals surface area contributed by atoms with Crippen molar-refractivity contribution >= 4 is 43.5 Å². The molecule has 0 bridgehead atoms. The van der Waals surface area contributed by atoms with Gasteiger partial charge in [-0.15, -0.1) is 0 Å². The number of sulfonamides is 1. The van der Waals surface area contributed by atoms with E-state index in [-0.39, 0.29) is 18.5 Å². The van der Waals surface area contributed by atoms with Crippen molar-refractivity contribution in [2.45, 2.75) is 64.6 Å². The zero-order valence-corrected chi connectivity index (χ0v) is 22.9. The maximum Gasteiger partial charge on any atom is 0.244 e. The number of anilines is 1. The number of nitrogens with one attached hydrogen (secondary N) is 1. The first kappa shape index (κ1) is 27.2. The smallest absolute Gasteiger partial charge is 0.244 e. The average molecular weight is 565 g/mol. The fraction of sp³-hybridized carbons (Fsp3) is 0.462.